The first-order valence-corrected chi connectivity index (χ1v) is 5.45. The van der Waals surface area contributed by atoms with E-state index < -0.39 is 6.10 Å². The molecule has 3 nitrogen and oxygen atoms in total. The fourth-order valence-corrected chi connectivity index (χ4v) is 1.28. The van der Waals surface area contributed by atoms with Crippen LogP contribution in [0, 0.1) is 0 Å². The van der Waals surface area contributed by atoms with E-state index >= 15 is 0 Å². The monoisotopic (exact) mass is 218 g/mol. The summed E-state index contributed by atoms with van der Waals surface area (Å²) in [5.41, 5.74) is 1.46. The summed E-state index contributed by atoms with van der Waals surface area (Å²) in [5.74, 6) is 0. The number of nitrogens with zero attached hydrogens (tertiary/aromatic N) is 1. The van der Waals surface area contributed by atoms with Crippen LogP contribution in [0.3, 0.4) is 0 Å². The third-order valence-electron chi connectivity index (χ3n) is 2.17. The summed E-state index contributed by atoms with van der Waals surface area (Å²) >= 11 is 0. The predicted octanol–water partition coefficient (Wildman–Crippen LogP) is 0.265. The van der Waals surface area contributed by atoms with Crippen LogP contribution >= 0.6 is 0 Å². The van der Waals surface area contributed by atoms with Crippen LogP contribution in [-0.2, 0) is 0 Å². The van der Waals surface area contributed by atoms with Gasteiger partial charge in [0.05, 0.1) is 0 Å². The molecule has 4 heteroatoms. The molecule has 0 bridgehead atoms. The van der Waals surface area contributed by atoms with E-state index in [0.29, 0.717) is 12.2 Å². The van der Waals surface area contributed by atoms with Crippen molar-refractivity contribution in [3.8, 4) is 0 Å². The molecule has 1 aromatic rings. The van der Waals surface area contributed by atoms with Gasteiger partial charge in [0, 0.05) is 0 Å². The second-order valence-electron chi connectivity index (χ2n) is 4.84. The SMILES string of the molecule is C=Bc1cccc([C@@H](O)CNC(C)(C)C)n1. The normalized spacial score (nSPS) is 13.2. The summed E-state index contributed by atoms with van der Waals surface area (Å²) in [6.07, 6.45) is -0.584. The summed E-state index contributed by atoms with van der Waals surface area (Å²) in [5, 5.41) is 13.2. The number of rotatable bonds is 4. The summed E-state index contributed by atoms with van der Waals surface area (Å²) < 4.78 is 0. The molecule has 0 saturated carbocycles. The van der Waals surface area contributed by atoms with Crippen LogP contribution in [0.5, 0.6) is 0 Å². The number of β-amino-alcohol motifs (C(OH)–C–C–N with tert-alkyl or cyclic N) is 1. The molecule has 0 spiro atoms. The summed E-state index contributed by atoms with van der Waals surface area (Å²) in [6.45, 7) is 12.0. The first kappa shape index (κ1) is 13.1. The van der Waals surface area contributed by atoms with Crippen molar-refractivity contribution < 1.29 is 5.11 Å². The summed E-state index contributed by atoms with van der Waals surface area (Å²) in [6, 6.07) is 5.56. The summed E-state index contributed by atoms with van der Waals surface area (Å²) in [4.78, 5) is 4.28. The van der Waals surface area contributed by atoms with Crippen LogP contribution in [0.1, 0.15) is 32.6 Å². The van der Waals surface area contributed by atoms with E-state index in [9.17, 15) is 5.11 Å². The van der Waals surface area contributed by atoms with Gasteiger partial charge in [-0.15, -0.1) is 0 Å². The molecule has 1 atom stereocenters. The molecular formula is C12H19BN2O. The van der Waals surface area contributed by atoms with Crippen molar-refractivity contribution in [3.05, 3.63) is 23.9 Å². The Hall–Kier alpha value is -0.995. The van der Waals surface area contributed by atoms with E-state index in [2.05, 4.69) is 37.5 Å². The van der Waals surface area contributed by atoms with Crippen LogP contribution in [-0.4, -0.2) is 35.6 Å². The van der Waals surface area contributed by atoms with Crippen LogP contribution in [0.2, 0.25) is 0 Å². The Morgan fingerprint density at radius 3 is 2.75 bits per heavy atom. The third-order valence-corrected chi connectivity index (χ3v) is 2.17. The molecule has 0 amide bonds. The maximum absolute atomic E-state index is 9.94. The zero-order valence-electron chi connectivity index (χ0n) is 10.2. The number of hydrogen-bond donors (Lipinski definition) is 2. The van der Waals surface area contributed by atoms with Crippen molar-refractivity contribution in [3.63, 3.8) is 0 Å². The van der Waals surface area contributed by atoms with E-state index in [-0.39, 0.29) is 5.54 Å². The molecule has 0 aromatic carbocycles. The van der Waals surface area contributed by atoms with Gasteiger partial charge >= 0.3 is 97.2 Å². The van der Waals surface area contributed by atoms with Crippen molar-refractivity contribution in [2.45, 2.75) is 32.4 Å². The fraction of sp³-hybridized carbons (Fsp3) is 0.500. The Balaban J connectivity index is 2.65. The number of aliphatic hydroxyl groups is 1. The third kappa shape index (κ3) is 4.25. The van der Waals surface area contributed by atoms with Gasteiger partial charge < -0.3 is 0 Å². The van der Waals surface area contributed by atoms with Gasteiger partial charge in [0.2, 0.25) is 0 Å². The fourth-order valence-electron chi connectivity index (χ4n) is 1.28. The van der Waals surface area contributed by atoms with E-state index in [1.807, 2.05) is 18.2 Å². The molecule has 0 unspecified atom stereocenters. The topological polar surface area (TPSA) is 45.1 Å². The van der Waals surface area contributed by atoms with Gasteiger partial charge in [-0.3, -0.25) is 0 Å². The minimum absolute atomic E-state index is 0.00295. The molecule has 0 radical (unpaired) electrons. The van der Waals surface area contributed by atoms with Gasteiger partial charge in [-0.1, -0.05) is 0 Å². The van der Waals surface area contributed by atoms with Crippen molar-refractivity contribution in [2.24, 2.45) is 0 Å². The van der Waals surface area contributed by atoms with Crippen LogP contribution < -0.4 is 10.9 Å². The van der Waals surface area contributed by atoms with E-state index in [1.165, 1.54) is 0 Å². The zero-order valence-corrected chi connectivity index (χ0v) is 10.2. The van der Waals surface area contributed by atoms with Gasteiger partial charge in [0.25, 0.3) is 0 Å². The molecule has 0 saturated heterocycles. The van der Waals surface area contributed by atoms with Gasteiger partial charge in [-0.2, -0.15) is 0 Å². The quantitative estimate of drug-likeness (QED) is 0.713. The van der Waals surface area contributed by atoms with Gasteiger partial charge in [-0.25, -0.2) is 0 Å². The Kier molecular flexibility index (Phi) is 4.39. The van der Waals surface area contributed by atoms with Gasteiger partial charge in [0.15, 0.2) is 0 Å². The molecule has 0 aliphatic rings. The van der Waals surface area contributed by atoms with Crippen LogP contribution in [0.15, 0.2) is 18.2 Å². The number of pyridine rings is 1. The number of aliphatic hydroxyl groups excluding tert-OH is 1. The van der Waals surface area contributed by atoms with Crippen LogP contribution in [0.25, 0.3) is 0 Å². The van der Waals surface area contributed by atoms with Gasteiger partial charge in [-0.05, 0) is 0 Å². The summed E-state index contributed by atoms with van der Waals surface area (Å²) in [7, 11) is 0. The van der Waals surface area contributed by atoms with E-state index in [1.54, 1.807) is 6.92 Å². The number of nitrogens with one attached hydrogen (secondary N) is 1. The minimum atomic E-state index is -0.584. The van der Waals surface area contributed by atoms with Gasteiger partial charge in [0.1, 0.15) is 0 Å². The molecule has 2 N–H and O–H groups in total. The molecule has 1 aromatic heterocycles. The Bertz CT molecular complexity index is 360. The van der Waals surface area contributed by atoms with Crippen LogP contribution in [0.4, 0.5) is 0 Å². The standard InChI is InChI=1S/C12H19BN2O/c1-12(2,3)14-8-10(16)9-6-5-7-11(13-4)15-9/h5-7,10,14,16H,4,8H2,1-3H3/t10-/m0/s1. The molecule has 1 rings (SSSR count). The predicted molar refractivity (Wildman–Crippen MR) is 69.5 cm³/mol. The average molecular weight is 218 g/mol. The molecular weight excluding hydrogens is 199 g/mol. The zero-order chi connectivity index (χ0) is 12.2. The molecule has 1 heterocycles. The average Bonchev–Trinajstić information content (AvgIpc) is 2.25. The van der Waals surface area contributed by atoms with E-state index in [4.69, 9.17) is 0 Å². The second-order valence-corrected chi connectivity index (χ2v) is 4.84. The molecule has 16 heavy (non-hydrogen) atoms. The number of aromatic nitrogens is 1. The maximum atomic E-state index is 9.94. The van der Waals surface area contributed by atoms with Crippen molar-refractivity contribution in [1.82, 2.24) is 10.3 Å². The van der Waals surface area contributed by atoms with Crippen molar-refractivity contribution in [2.75, 3.05) is 6.54 Å². The Morgan fingerprint density at radius 2 is 2.19 bits per heavy atom. The Morgan fingerprint density at radius 1 is 1.50 bits per heavy atom. The van der Waals surface area contributed by atoms with Crippen molar-refractivity contribution in [1.29, 1.82) is 0 Å². The first-order chi connectivity index (χ1) is 7.42. The molecule has 0 aliphatic heterocycles. The molecule has 86 valence electrons. The second kappa shape index (κ2) is 5.37. The van der Waals surface area contributed by atoms with E-state index in [0.717, 1.165) is 5.59 Å². The first-order valence-electron chi connectivity index (χ1n) is 5.45. The Labute approximate surface area is 97.8 Å². The number of hydrogen-bond acceptors (Lipinski definition) is 3. The van der Waals surface area contributed by atoms with Crippen molar-refractivity contribution >= 4 is 19.0 Å². The molecule has 0 aliphatic carbocycles. The molecule has 0 fully saturated rings.